The van der Waals surface area contributed by atoms with Crippen LogP contribution in [0.15, 0.2) is 30.3 Å². The van der Waals surface area contributed by atoms with Gasteiger partial charge in [0.05, 0.1) is 0 Å². The van der Waals surface area contributed by atoms with Crippen molar-refractivity contribution >= 4 is 40.1 Å². The van der Waals surface area contributed by atoms with Gasteiger partial charge in [0.2, 0.25) is 11.0 Å². The van der Waals surface area contributed by atoms with Gasteiger partial charge in [0.1, 0.15) is 5.01 Å². The molecule has 0 bridgehead atoms. The Morgan fingerprint density at radius 1 is 1.24 bits per heavy atom. The SMILES string of the molecule is CC(C)(C)c1nnc(NC(=O)C=Cc2ccc(Cl)cc2)s1. The minimum Gasteiger partial charge on any atom is -0.297 e. The lowest BCUT2D eigenvalue weighted by molar-refractivity contribution is -0.111. The molecule has 21 heavy (non-hydrogen) atoms. The summed E-state index contributed by atoms with van der Waals surface area (Å²) in [6, 6.07) is 7.24. The van der Waals surface area contributed by atoms with E-state index in [1.54, 1.807) is 18.2 Å². The number of rotatable bonds is 3. The van der Waals surface area contributed by atoms with Gasteiger partial charge in [-0.25, -0.2) is 0 Å². The fourth-order valence-electron chi connectivity index (χ4n) is 1.47. The van der Waals surface area contributed by atoms with Crippen LogP contribution in [0.25, 0.3) is 6.08 Å². The van der Waals surface area contributed by atoms with Gasteiger partial charge in [-0.1, -0.05) is 55.8 Å². The molecule has 0 aliphatic carbocycles. The van der Waals surface area contributed by atoms with Gasteiger partial charge in [-0.3, -0.25) is 10.1 Å². The number of benzene rings is 1. The highest BCUT2D eigenvalue weighted by Gasteiger charge is 2.19. The molecular weight excluding hydrogens is 306 g/mol. The molecule has 0 atom stereocenters. The minimum atomic E-state index is -0.235. The Balaban J connectivity index is 1.98. The zero-order valence-electron chi connectivity index (χ0n) is 12.1. The molecule has 0 spiro atoms. The second-order valence-corrected chi connectivity index (χ2v) is 6.95. The first-order valence-corrected chi connectivity index (χ1v) is 7.63. The highest BCUT2D eigenvalue weighted by atomic mass is 35.5. The molecule has 0 aliphatic heterocycles. The van der Waals surface area contributed by atoms with E-state index in [9.17, 15) is 4.79 Å². The van der Waals surface area contributed by atoms with Crippen molar-refractivity contribution in [3.8, 4) is 0 Å². The van der Waals surface area contributed by atoms with Crippen molar-refractivity contribution in [2.75, 3.05) is 5.32 Å². The van der Waals surface area contributed by atoms with Crippen LogP contribution >= 0.6 is 22.9 Å². The largest absolute Gasteiger partial charge is 0.297 e. The van der Waals surface area contributed by atoms with Gasteiger partial charge in [-0.05, 0) is 23.8 Å². The fraction of sp³-hybridized carbons (Fsp3) is 0.267. The summed E-state index contributed by atoms with van der Waals surface area (Å²) in [5.74, 6) is -0.235. The van der Waals surface area contributed by atoms with Crippen molar-refractivity contribution in [1.82, 2.24) is 10.2 Å². The average molecular weight is 322 g/mol. The molecule has 1 heterocycles. The molecule has 2 aromatic rings. The fourth-order valence-corrected chi connectivity index (χ4v) is 2.40. The second kappa shape index (κ2) is 6.37. The molecule has 0 aliphatic rings. The predicted molar refractivity (Wildman–Crippen MR) is 87.7 cm³/mol. The monoisotopic (exact) mass is 321 g/mol. The summed E-state index contributed by atoms with van der Waals surface area (Å²) >= 11 is 7.19. The normalized spacial score (nSPS) is 11.8. The molecule has 6 heteroatoms. The number of carbonyl (C=O) groups is 1. The Kier molecular flexibility index (Phi) is 4.75. The lowest BCUT2D eigenvalue weighted by atomic mass is 9.98. The van der Waals surface area contributed by atoms with Crippen LogP contribution in [0.3, 0.4) is 0 Å². The van der Waals surface area contributed by atoms with Gasteiger partial charge in [0, 0.05) is 16.5 Å². The van der Waals surface area contributed by atoms with Crippen molar-refractivity contribution in [3.05, 3.63) is 45.9 Å². The molecule has 4 nitrogen and oxygen atoms in total. The van der Waals surface area contributed by atoms with Gasteiger partial charge < -0.3 is 0 Å². The maximum Gasteiger partial charge on any atom is 0.250 e. The van der Waals surface area contributed by atoms with E-state index in [4.69, 9.17) is 11.6 Å². The second-order valence-electron chi connectivity index (χ2n) is 5.54. The lowest BCUT2D eigenvalue weighted by Crippen LogP contribution is -2.10. The van der Waals surface area contributed by atoms with Crippen molar-refractivity contribution in [3.63, 3.8) is 0 Å². The first-order valence-electron chi connectivity index (χ1n) is 6.43. The summed E-state index contributed by atoms with van der Waals surface area (Å²) in [5, 5.41) is 12.8. The number of hydrogen-bond donors (Lipinski definition) is 1. The van der Waals surface area contributed by atoms with Crippen molar-refractivity contribution in [2.24, 2.45) is 0 Å². The topological polar surface area (TPSA) is 54.9 Å². The maximum absolute atomic E-state index is 11.8. The Labute approximate surface area is 132 Å². The van der Waals surface area contributed by atoms with Crippen LogP contribution in [-0.4, -0.2) is 16.1 Å². The van der Waals surface area contributed by atoms with Crippen LogP contribution in [0.5, 0.6) is 0 Å². The van der Waals surface area contributed by atoms with E-state index < -0.39 is 0 Å². The van der Waals surface area contributed by atoms with Crippen LogP contribution in [0, 0.1) is 0 Å². The van der Waals surface area contributed by atoms with Crippen LogP contribution in [0.1, 0.15) is 31.3 Å². The molecule has 1 N–H and O–H groups in total. The molecule has 110 valence electrons. The molecule has 1 aromatic carbocycles. The van der Waals surface area contributed by atoms with E-state index in [2.05, 4.69) is 36.3 Å². The van der Waals surface area contributed by atoms with Crippen LogP contribution in [0.4, 0.5) is 5.13 Å². The number of aromatic nitrogens is 2. The lowest BCUT2D eigenvalue weighted by Gasteiger charge is -2.12. The first kappa shape index (κ1) is 15.7. The molecule has 1 aromatic heterocycles. The summed E-state index contributed by atoms with van der Waals surface area (Å²) in [6.45, 7) is 6.17. The molecule has 2 rings (SSSR count). The third-order valence-corrected chi connectivity index (χ3v) is 4.11. The number of nitrogens with zero attached hydrogens (tertiary/aromatic N) is 2. The number of hydrogen-bond acceptors (Lipinski definition) is 4. The van der Waals surface area contributed by atoms with Gasteiger partial charge in [0.15, 0.2) is 0 Å². The predicted octanol–water partition coefficient (Wildman–Crippen LogP) is 4.14. The average Bonchev–Trinajstić information content (AvgIpc) is 2.86. The maximum atomic E-state index is 11.8. The summed E-state index contributed by atoms with van der Waals surface area (Å²) in [5.41, 5.74) is 0.835. The Hall–Kier alpha value is -1.72. The van der Waals surface area contributed by atoms with Crippen LogP contribution < -0.4 is 5.32 Å². The van der Waals surface area contributed by atoms with E-state index in [0.717, 1.165) is 10.6 Å². The van der Waals surface area contributed by atoms with Crippen LogP contribution in [0.2, 0.25) is 5.02 Å². The molecule has 0 saturated heterocycles. The Morgan fingerprint density at radius 3 is 2.48 bits per heavy atom. The van der Waals surface area contributed by atoms with E-state index in [1.165, 1.54) is 17.4 Å². The number of nitrogens with one attached hydrogen (secondary N) is 1. The summed E-state index contributed by atoms with van der Waals surface area (Å²) in [4.78, 5) is 11.8. The zero-order valence-corrected chi connectivity index (χ0v) is 13.6. The number of amides is 1. The molecule has 0 fully saturated rings. The van der Waals surface area contributed by atoms with Crippen molar-refractivity contribution in [1.29, 1.82) is 0 Å². The Morgan fingerprint density at radius 2 is 1.90 bits per heavy atom. The minimum absolute atomic E-state index is 0.0697. The quantitative estimate of drug-likeness (QED) is 0.864. The highest BCUT2D eigenvalue weighted by Crippen LogP contribution is 2.27. The number of anilines is 1. The Bertz CT molecular complexity index is 656. The van der Waals surface area contributed by atoms with Gasteiger partial charge in [-0.15, -0.1) is 10.2 Å². The molecular formula is C15H16ClN3OS. The first-order chi connectivity index (χ1) is 9.84. The van der Waals surface area contributed by atoms with Gasteiger partial charge in [-0.2, -0.15) is 0 Å². The summed E-state index contributed by atoms with van der Waals surface area (Å²) < 4.78 is 0. The standard InChI is InChI=1S/C15H16ClN3OS/c1-15(2,3)13-18-19-14(21-13)17-12(20)9-6-10-4-7-11(16)8-5-10/h4-9H,1-3H3,(H,17,19,20). The van der Waals surface area contributed by atoms with Crippen molar-refractivity contribution < 1.29 is 4.79 Å². The zero-order chi connectivity index (χ0) is 15.5. The molecule has 1 amide bonds. The number of carbonyl (C=O) groups excluding carboxylic acids is 1. The van der Waals surface area contributed by atoms with E-state index in [1.807, 2.05) is 12.1 Å². The summed E-state index contributed by atoms with van der Waals surface area (Å²) in [6.07, 6.45) is 3.18. The summed E-state index contributed by atoms with van der Waals surface area (Å²) in [7, 11) is 0. The van der Waals surface area contributed by atoms with Gasteiger partial charge >= 0.3 is 0 Å². The molecule has 0 saturated carbocycles. The van der Waals surface area contributed by atoms with Gasteiger partial charge in [0.25, 0.3) is 0 Å². The van der Waals surface area contributed by atoms with Crippen molar-refractivity contribution in [2.45, 2.75) is 26.2 Å². The smallest absolute Gasteiger partial charge is 0.250 e. The van der Waals surface area contributed by atoms with E-state index in [-0.39, 0.29) is 11.3 Å². The third kappa shape index (κ3) is 4.65. The highest BCUT2D eigenvalue weighted by molar-refractivity contribution is 7.15. The molecule has 0 unspecified atom stereocenters. The van der Waals surface area contributed by atoms with E-state index >= 15 is 0 Å². The third-order valence-electron chi connectivity index (χ3n) is 2.59. The number of halogens is 1. The molecule has 0 radical (unpaired) electrons. The van der Waals surface area contributed by atoms with E-state index in [0.29, 0.717) is 10.2 Å². The van der Waals surface area contributed by atoms with Crippen LogP contribution in [-0.2, 0) is 10.2 Å².